The third kappa shape index (κ3) is 4.85. The van der Waals surface area contributed by atoms with Gasteiger partial charge in [0.1, 0.15) is 11.6 Å². The van der Waals surface area contributed by atoms with Gasteiger partial charge in [0.25, 0.3) is 0 Å². The van der Waals surface area contributed by atoms with E-state index >= 15 is 0 Å². The summed E-state index contributed by atoms with van der Waals surface area (Å²) < 4.78 is 37.3. The molecule has 1 aromatic heterocycles. The molecule has 2 aromatic rings. The minimum absolute atomic E-state index is 0.183. The Morgan fingerprint density at radius 3 is 2.74 bits per heavy atom. The van der Waals surface area contributed by atoms with E-state index in [2.05, 4.69) is 28.8 Å². The molecule has 6 nitrogen and oxygen atoms in total. The first-order chi connectivity index (χ1) is 14.9. The lowest BCUT2D eigenvalue weighted by atomic mass is 9.87. The third-order valence-electron chi connectivity index (χ3n) is 6.18. The van der Waals surface area contributed by atoms with Crippen molar-refractivity contribution in [1.29, 1.82) is 0 Å². The summed E-state index contributed by atoms with van der Waals surface area (Å²) in [4.78, 5) is 2.36. The second-order valence-electron chi connectivity index (χ2n) is 8.63. The Bertz CT molecular complexity index is 894. The van der Waals surface area contributed by atoms with Crippen LogP contribution in [0.25, 0.3) is 0 Å². The van der Waals surface area contributed by atoms with E-state index in [0.29, 0.717) is 12.5 Å². The zero-order valence-electron chi connectivity index (χ0n) is 18.5. The van der Waals surface area contributed by atoms with Crippen molar-refractivity contribution in [2.75, 3.05) is 31.2 Å². The minimum Gasteiger partial charge on any atom is -0.435 e. The highest BCUT2D eigenvalue weighted by molar-refractivity contribution is 5.52. The Morgan fingerprint density at radius 1 is 1.26 bits per heavy atom. The van der Waals surface area contributed by atoms with Gasteiger partial charge in [0.05, 0.1) is 18.9 Å². The van der Waals surface area contributed by atoms with Crippen molar-refractivity contribution in [2.24, 2.45) is 7.05 Å². The van der Waals surface area contributed by atoms with Gasteiger partial charge in [-0.25, -0.2) is 0 Å². The van der Waals surface area contributed by atoms with Gasteiger partial charge in [-0.2, -0.15) is 13.9 Å². The Balaban J connectivity index is 1.56. The Hall–Kier alpha value is -2.19. The van der Waals surface area contributed by atoms with Gasteiger partial charge in [-0.05, 0) is 48.4 Å². The molecule has 1 unspecified atom stereocenters. The minimum atomic E-state index is -2.80. The molecule has 0 bridgehead atoms. The average Bonchev–Trinajstić information content (AvgIpc) is 3.08. The fourth-order valence-electron chi connectivity index (χ4n) is 4.79. The van der Waals surface area contributed by atoms with Gasteiger partial charge < -0.3 is 19.7 Å². The topological polar surface area (TPSA) is 51.5 Å². The molecular formula is C23H32F2N4O2. The number of aromatic nitrogens is 2. The number of alkyl halides is 2. The lowest BCUT2D eigenvalue weighted by Gasteiger charge is -2.31. The smallest absolute Gasteiger partial charge is 0.387 e. The number of nitrogens with zero attached hydrogens (tertiary/aromatic N) is 3. The largest absolute Gasteiger partial charge is 0.435 e. The van der Waals surface area contributed by atoms with Crippen LogP contribution in [0.2, 0.25) is 0 Å². The summed E-state index contributed by atoms with van der Waals surface area (Å²) in [6, 6.07) is 5.52. The second kappa shape index (κ2) is 9.53. The van der Waals surface area contributed by atoms with E-state index < -0.39 is 6.61 Å². The van der Waals surface area contributed by atoms with E-state index in [4.69, 9.17) is 9.84 Å². The number of hydrogen-bond acceptors (Lipinski definition) is 5. The first-order valence-electron chi connectivity index (χ1n) is 11.1. The Morgan fingerprint density at radius 2 is 2.03 bits per heavy atom. The zero-order chi connectivity index (χ0) is 22.0. The molecule has 1 saturated heterocycles. The van der Waals surface area contributed by atoms with E-state index in [1.54, 1.807) is 12.1 Å². The Labute approximate surface area is 182 Å². The molecule has 0 saturated carbocycles. The maximum atomic E-state index is 12.6. The van der Waals surface area contributed by atoms with Crippen molar-refractivity contribution in [3.05, 3.63) is 40.6 Å². The van der Waals surface area contributed by atoms with Gasteiger partial charge in [0.2, 0.25) is 0 Å². The number of rotatable bonds is 7. The van der Waals surface area contributed by atoms with Crippen LogP contribution < -0.4 is 15.0 Å². The molecule has 0 spiro atoms. The number of morpholine rings is 1. The van der Waals surface area contributed by atoms with E-state index in [0.717, 1.165) is 62.6 Å². The zero-order valence-corrected chi connectivity index (χ0v) is 18.5. The van der Waals surface area contributed by atoms with Crippen molar-refractivity contribution >= 4 is 5.82 Å². The molecule has 0 amide bonds. The maximum Gasteiger partial charge on any atom is 0.387 e. The van der Waals surface area contributed by atoms with Crippen LogP contribution in [-0.2, 0) is 24.8 Å². The van der Waals surface area contributed by atoms with Gasteiger partial charge in [-0.3, -0.25) is 4.68 Å². The lowest BCUT2D eigenvalue weighted by Crippen LogP contribution is -2.38. The normalized spacial score (nSPS) is 19.2. The van der Waals surface area contributed by atoms with Gasteiger partial charge in [0, 0.05) is 38.3 Å². The van der Waals surface area contributed by atoms with Crippen LogP contribution in [0.15, 0.2) is 18.2 Å². The highest BCUT2D eigenvalue weighted by Gasteiger charge is 2.26. The van der Waals surface area contributed by atoms with Crippen molar-refractivity contribution in [3.63, 3.8) is 0 Å². The third-order valence-corrected chi connectivity index (χ3v) is 6.18. The number of halogens is 2. The summed E-state index contributed by atoms with van der Waals surface area (Å²) >= 11 is 0. The fourth-order valence-corrected chi connectivity index (χ4v) is 4.79. The molecule has 1 aliphatic heterocycles. The predicted octanol–water partition coefficient (Wildman–Crippen LogP) is 4.15. The van der Waals surface area contributed by atoms with Crippen LogP contribution in [0, 0.1) is 0 Å². The van der Waals surface area contributed by atoms with Crippen molar-refractivity contribution in [3.8, 4) is 5.75 Å². The van der Waals surface area contributed by atoms with Crippen molar-refractivity contribution in [2.45, 2.75) is 58.2 Å². The summed E-state index contributed by atoms with van der Waals surface area (Å²) in [5.41, 5.74) is 4.62. The summed E-state index contributed by atoms with van der Waals surface area (Å²) in [7, 11) is 2.01. The second-order valence-corrected chi connectivity index (χ2v) is 8.63. The highest BCUT2D eigenvalue weighted by atomic mass is 19.3. The van der Waals surface area contributed by atoms with Gasteiger partial charge >= 0.3 is 6.61 Å². The van der Waals surface area contributed by atoms with Crippen molar-refractivity contribution in [1.82, 2.24) is 15.1 Å². The molecule has 8 heteroatoms. The molecule has 31 heavy (non-hydrogen) atoms. The standard InChI is InChI=1S/C23H32F2N4O2/c1-15(2)21-19(22(28(3)27-21)29-9-11-30-12-10-29)14-26-20-6-4-5-16-13-17(31-23(24)25)7-8-18(16)20/h7-8,13,15,20,23,26H,4-6,9-12,14H2,1-3H3. The molecule has 1 N–H and O–H groups in total. The first-order valence-corrected chi connectivity index (χ1v) is 11.1. The van der Waals surface area contributed by atoms with E-state index in [1.807, 2.05) is 17.8 Å². The number of nitrogens with one attached hydrogen (secondary N) is 1. The Kier molecular flexibility index (Phi) is 6.77. The van der Waals surface area contributed by atoms with Crippen LogP contribution >= 0.6 is 0 Å². The molecule has 4 rings (SSSR count). The van der Waals surface area contributed by atoms with Crippen LogP contribution in [0.5, 0.6) is 5.75 Å². The fraction of sp³-hybridized carbons (Fsp3) is 0.609. The predicted molar refractivity (Wildman–Crippen MR) is 116 cm³/mol. The van der Waals surface area contributed by atoms with E-state index in [1.165, 1.54) is 11.1 Å². The van der Waals surface area contributed by atoms with Crippen LogP contribution in [0.3, 0.4) is 0 Å². The average molecular weight is 435 g/mol. The molecule has 170 valence electrons. The quantitative estimate of drug-likeness (QED) is 0.710. The number of ether oxygens (including phenoxy) is 2. The number of benzene rings is 1. The SMILES string of the molecule is CC(C)c1nn(C)c(N2CCOCC2)c1CNC1CCCc2cc(OC(F)F)ccc21. The first kappa shape index (κ1) is 22.0. The van der Waals surface area contributed by atoms with E-state index in [-0.39, 0.29) is 11.8 Å². The highest BCUT2D eigenvalue weighted by Crippen LogP contribution is 2.34. The number of hydrogen-bond donors (Lipinski definition) is 1. The lowest BCUT2D eigenvalue weighted by molar-refractivity contribution is -0.0499. The molecule has 1 atom stereocenters. The van der Waals surface area contributed by atoms with Gasteiger partial charge in [0.15, 0.2) is 0 Å². The number of anilines is 1. The van der Waals surface area contributed by atoms with Crippen LogP contribution in [0.4, 0.5) is 14.6 Å². The summed E-state index contributed by atoms with van der Waals surface area (Å²) in [6.07, 6.45) is 2.92. The van der Waals surface area contributed by atoms with E-state index in [9.17, 15) is 8.78 Å². The number of aryl methyl sites for hydroxylation is 2. The van der Waals surface area contributed by atoms with Gasteiger partial charge in [-0.15, -0.1) is 0 Å². The molecule has 1 fully saturated rings. The molecule has 1 aliphatic carbocycles. The van der Waals surface area contributed by atoms with Crippen molar-refractivity contribution < 1.29 is 18.3 Å². The number of fused-ring (bicyclic) bond motifs is 1. The summed E-state index contributed by atoms with van der Waals surface area (Å²) in [5.74, 6) is 1.72. The molecule has 2 heterocycles. The van der Waals surface area contributed by atoms with Gasteiger partial charge in [-0.1, -0.05) is 19.9 Å². The summed E-state index contributed by atoms with van der Waals surface area (Å²) in [6.45, 7) is 5.46. The van der Waals surface area contributed by atoms with Crippen LogP contribution in [0.1, 0.15) is 61.0 Å². The molecule has 1 aromatic carbocycles. The summed E-state index contributed by atoms with van der Waals surface area (Å²) in [5, 5.41) is 8.58. The molecule has 2 aliphatic rings. The maximum absolute atomic E-state index is 12.6. The molecular weight excluding hydrogens is 402 g/mol. The van der Waals surface area contributed by atoms with Crippen LogP contribution in [-0.4, -0.2) is 42.7 Å². The monoisotopic (exact) mass is 434 g/mol. The molecule has 0 radical (unpaired) electrons.